The number of benzene rings is 1. The van der Waals surface area contributed by atoms with Crippen LogP contribution >= 0.6 is 0 Å². The number of rotatable bonds is 7. The lowest BCUT2D eigenvalue weighted by Crippen LogP contribution is -2.23. The molecule has 17 heavy (non-hydrogen) atoms. The van der Waals surface area contributed by atoms with Gasteiger partial charge in [0, 0.05) is 20.3 Å². The van der Waals surface area contributed by atoms with Crippen molar-refractivity contribution in [3.8, 4) is 11.5 Å². The molecule has 1 aromatic rings. The van der Waals surface area contributed by atoms with Gasteiger partial charge in [0.2, 0.25) is 0 Å². The van der Waals surface area contributed by atoms with Crippen LogP contribution in [0.2, 0.25) is 0 Å². The molecule has 96 valence electrons. The van der Waals surface area contributed by atoms with Gasteiger partial charge in [-0.15, -0.1) is 0 Å². The van der Waals surface area contributed by atoms with Gasteiger partial charge in [0.15, 0.2) is 11.5 Å². The summed E-state index contributed by atoms with van der Waals surface area (Å²) in [5.41, 5.74) is 0.569. The molecular weight excluding hydrogens is 222 g/mol. The van der Waals surface area contributed by atoms with Crippen LogP contribution in [0.5, 0.6) is 11.5 Å². The van der Waals surface area contributed by atoms with Gasteiger partial charge in [0.25, 0.3) is 0 Å². The van der Waals surface area contributed by atoms with Crippen molar-refractivity contribution in [3.63, 3.8) is 0 Å². The van der Waals surface area contributed by atoms with Crippen LogP contribution in [0.3, 0.4) is 0 Å². The Kier molecular flexibility index (Phi) is 5.76. The predicted molar refractivity (Wildman–Crippen MR) is 64.1 cm³/mol. The predicted octanol–water partition coefficient (Wildman–Crippen LogP) is 0.757. The smallest absolute Gasteiger partial charge is 0.157 e. The molecule has 1 aromatic carbocycles. The van der Waals surface area contributed by atoms with Crippen LogP contribution in [0.1, 0.15) is 18.1 Å². The second-order valence-corrected chi connectivity index (χ2v) is 3.81. The maximum Gasteiger partial charge on any atom is 0.157 e. The SMILES string of the molecule is COCCCNCC(O)c1ccc(O)c(O)c1. The Morgan fingerprint density at radius 2 is 2.06 bits per heavy atom. The molecule has 1 rings (SSSR count). The zero-order chi connectivity index (χ0) is 12.7. The zero-order valence-corrected chi connectivity index (χ0v) is 9.89. The van der Waals surface area contributed by atoms with Crippen LogP contribution in [0.25, 0.3) is 0 Å². The van der Waals surface area contributed by atoms with Gasteiger partial charge >= 0.3 is 0 Å². The van der Waals surface area contributed by atoms with E-state index in [0.717, 1.165) is 13.0 Å². The summed E-state index contributed by atoms with van der Waals surface area (Å²) in [5.74, 6) is -0.407. The number of hydrogen-bond donors (Lipinski definition) is 4. The first-order chi connectivity index (χ1) is 8.15. The first-order valence-electron chi connectivity index (χ1n) is 5.54. The van der Waals surface area contributed by atoms with Gasteiger partial charge in [0.1, 0.15) is 0 Å². The maximum atomic E-state index is 9.81. The highest BCUT2D eigenvalue weighted by molar-refractivity contribution is 5.41. The van der Waals surface area contributed by atoms with E-state index in [1.807, 2.05) is 0 Å². The van der Waals surface area contributed by atoms with Gasteiger partial charge in [-0.05, 0) is 30.7 Å². The van der Waals surface area contributed by atoms with E-state index in [4.69, 9.17) is 9.84 Å². The first kappa shape index (κ1) is 13.8. The van der Waals surface area contributed by atoms with E-state index in [2.05, 4.69) is 5.32 Å². The first-order valence-corrected chi connectivity index (χ1v) is 5.54. The summed E-state index contributed by atoms with van der Waals surface area (Å²) >= 11 is 0. The Hall–Kier alpha value is -1.30. The van der Waals surface area contributed by atoms with Gasteiger partial charge in [-0.3, -0.25) is 0 Å². The molecule has 0 heterocycles. The number of aliphatic hydroxyl groups is 1. The molecule has 0 saturated heterocycles. The van der Waals surface area contributed by atoms with E-state index in [0.29, 0.717) is 18.7 Å². The van der Waals surface area contributed by atoms with E-state index < -0.39 is 6.10 Å². The molecule has 5 nitrogen and oxygen atoms in total. The van der Waals surface area contributed by atoms with Crippen molar-refractivity contribution in [2.75, 3.05) is 26.8 Å². The van der Waals surface area contributed by atoms with Crippen molar-refractivity contribution in [2.45, 2.75) is 12.5 Å². The number of phenols is 2. The molecule has 0 saturated carbocycles. The van der Waals surface area contributed by atoms with Crippen LogP contribution in [0, 0.1) is 0 Å². The van der Waals surface area contributed by atoms with Crippen LogP contribution < -0.4 is 5.32 Å². The largest absolute Gasteiger partial charge is 0.504 e. The Morgan fingerprint density at radius 3 is 2.71 bits per heavy atom. The molecule has 0 bridgehead atoms. The molecule has 0 aromatic heterocycles. The standard InChI is InChI=1S/C12H19NO4/c1-17-6-2-5-13-8-12(16)9-3-4-10(14)11(15)7-9/h3-4,7,12-16H,2,5-6,8H2,1H3. The number of aliphatic hydroxyl groups excluding tert-OH is 1. The molecule has 0 amide bonds. The van der Waals surface area contributed by atoms with Crippen molar-refractivity contribution >= 4 is 0 Å². The minimum atomic E-state index is -0.705. The number of phenolic OH excluding ortho intramolecular Hbond substituents is 2. The molecule has 0 spiro atoms. The number of ether oxygens (including phenoxy) is 1. The quantitative estimate of drug-likeness (QED) is 0.418. The van der Waals surface area contributed by atoms with Gasteiger partial charge in [-0.2, -0.15) is 0 Å². The average Bonchev–Trinajstić information content (AvgIpc) is 2.32. The zero-order valence-electron chi connectivity index (χ0n) is 9.89. The fraction of sp³-hybridized carbons (Fsp3) is 0.500. The van der Waals surface area contributed by atoms with Crippen LogP contribution in [0.4, 0.5) is 0 Å². The third kappa shape index (κ3) is 4.60. The molecule has 0 aliphatic rings. The van der Waals surface area contributed by atoms with Crippen molar-refractivity contribution < 1.29 is 20.1 Å². The summed E-state index contributed by atoms with van der Waals surface area (Å²) in [6, 6.07) is 4.30. The molecule has 0 radical (unpaired) electrons. The lowest BCUT2D eigenvalue weighted by molar-refractivity contribution is 0.168. The summed E-state index contributed by atoms with van der Waals surface area (Å²) in [5, 5.41) is 31.3. The molecule has 0 fully saturated rings. The highest BCUT2D eigenvalue weighted by atomic mass is 16.5. The molecule has 5 heteroatoms. The lowest BCUT2D eigenvalue weighted by atomic mass is 10.1. The highest BCUT2D eigenvalue weighted by Crippen LogP contribution is 2.27. The third-order valence-corrected chi connectivity index (χ3v) is 2.42. The molecule has 1 atom stereocenters. The Morgan fingerprint density at radius 1 is 1.29 bits per heavy atom. The Bertz CT molecular complexity index is 343. The Labute approximate surface area is 101 Å². The summed E-state index contributed by atoms with van der Waals surface area (Å²) in [6.45, 7) is 1.84. The van der Waals surface area contributed by atoms with Crippen molar-refractivity contribution in [1.29, 1.82) is 0 Å². The summed E-state index contributed by atoms with van der Waals surface area (Å²) in [4.78, 5) is 0. The van der Waals surface area contributed by atoms with Gasteiger partial charge in [0.05, 0.1) is 6.10 Å². The fourth-order valence-corrected chi connectivity index (χ4v) is 1.45. The topological polar surface area (TPSA) is 82.0 Å². The second kappa shape index (κ2) is 7.11. The minimum Gasteiger partial charge on any atom is -0.504 e. The summed E-state index contributed by atoms with van der Waals surface area (Å²) in [7, 11) is 1.65. The minimum absolute atomic E-state index is 0.186. The molecule has 1 unspecified atom stereocenters. The van der Waals surface area contributed by atoms with Crippen LogP contribution in [-0.4, -0.2) is 42.1 Å². The average molecular weight is 241 g/mol. The molecular formula is C12H19NO4. The van der Waals surface area contributed by atoms with E-state index in [1.54, 1.807) is 13.2 Å². The normalized spacial score (nSPS) is 12.6. The number of methoxy groups -OCH3 is 1. The van der Waals surface area contributed by atoms with Crippen LogP contribution in [0.15, 0.2) is 18.2 Å². The van der Waals surface area contributed by atoms with Gasteiger partial charge < -0.3 is 25.4 Å². The van der Waals surface area contributed by atoms with Gasteiger partial charge in [-0.25, -0.2) is 0 Å². The highest BCUT2D eigenvalue weighted by Gasteiger charge is 2.09. The number of aromatic hydroxyl groups is 2. The fourth-order valence-electron chi connectivity index (χ4n) is 1.45. The van der Waals surface area contributed by atoms with Crippen molar-refractivity contribution in [2.24, 2.45) is 0 Å². The van der Waals surface area contributed by atoms with E-state index in [9.17, 15) is 10.2 Å². The van der Waals surface area contributed by atoms with Gasteiger partial charge in [-0.1, -0.05) is 6.07 Å². The maximum absolute atomic E-state index is 9.81. The summed E-state index contributed by atoms with van der Waals surface area (Å²) < 4.78 is 4.90. The third-order valence-electron chi connectivity index (χ3n) is 2.42. The number of nitrogens with one attached hydrogen (secondary N) is 1. The Balaban J connectivity index is 2.36. The lowest BCUT2D eigenvalue weighted by Gasteiger charge is -2.12. The van der Waals surface area contributed by atoms with Crippen LogP contribution in [-0.2, 0) is 4.74 Å². The van der Waals surface area contributed by atoms with E-state index in [1.165, 1.54) is 12.1 Å². The number of hydrogen-bond acceptors (Lipinski definition) is 5. The molecule has 0 aliphatic heterocycles. The second-order valence-electron chi connectivity index (χ2n) is 3.81. The summed E-state index contributed by atoms with van der Waals surface area (Å²) in [6.07, 6.45) is 0.174. The van der Waals surface area contributed by atoms with E-state index in [-0.39, 0.29) is 11.5 Å². The van der Waals surface area contributed by atoms with E-state index >= 15 is 0 Å². The van der Waals surface area contributed by atoms with Crippen molar-refractivity contribution in [3.05, 3.63) is 23.8 Å². The van der Waals surface area contributed by atoms with Crippen molar-refractivity contribution in [1.82, 2.24) is 5.32 Å². The molecule has 4 N–H and O–H groups in total. The molecule has 0 aliphatic carbocycles. The monoisotopic (exact) mass is 241 g/mol.